The fourth-order valence-corrected chi connectivity index (χ4v) is 5.70. The average Bonchev–Trinajstić information content (AvgIpc) is 2.93. The molecular formula is C29H39N5O5. The summed E-state index contributed by atoms with van der Waals surface area (Å²) in [5.41, 5.74) is 2.44. The molecule has 2 amide bonds. The van der Waals surface area contributed by atoms with Crippen molar-refractivity contribution in [3.8, 4) is 0 Å². The monoisotopic (exact) mass is 537 g/mol. The van der Waals surface area contributed by atoms with E-state index in [1.165, 1.54) is 0 Å². The highest BCUT2D eigenvalue weighted by molar-refractivity contribution is 6.08. The van der Waals surface area contributed by atoms with Crippen LogP contribution in [0.2, 0.25) is 0 Å². The number of nitrogens with one attached hydrogen (secondary N) is 3. The van der Waals surface area contributed by atoms with Crippen molar-refractivity contribution in [2.45, 2.75) is 56.8 Å². The minimum atomic E-state index is -0.457. The van der Waals surface area contributed by atoms with Crippen LogP contribution in [0.15, 0.2) is 42.1 Å². The zero-order valence-corrected chi connectivity index (χ0v) is 22.3. The molecule has 0 spiro atoms. The molecule has 0 aromatic heterocycles. The number of anilines is 2. The van der Waals surface area contributed by atoms with Gasteiger partial charge >= 0.3 is 0 Å². The summed E-state index contributed by atoms with van der Waals surface area (Å²) in [7, 11) is 0. The number of ketones is 1. The first-order valence-corrected chi connectivity index (χ1v) is 14.1. The molecule has 10 heteroatoms. The molecule has 5 rings (SSSR count). The molecule has 0 radical (unpaired) electrons. The lowest BCUT2D eigenvalue weighted by Crippen LogP contribution is -2.40. The summed E-state index contributed by atoms with van der Waals surface area (Å²) >= 11 is 0. The molecule has 0 bridgehead atoms. The van der Waals surface area contributed by atoms with Gasteiger partial charge in [0.15, 0.2) is 5.78 Å². The third-order valence-corrected chi connectivity index (χ3v) is 8.13. The van der Waals surface area contributed by atoms with Crippen molar-refractivity contribution in [3.05, 3.63) is 47.7 Å². The molecule has 4 aliphatic rings. The third kappa shape index (κ3) is 7.13. The summed E-state index contributed by atoms with van der Waals surface area (Å²) < 4.78 is 0. The SMILES string of the molecule is O=C(CCN1CCC(O)CC1)NC1=CC2C(=O)c3cc(NC(=O)CCN4CCC(O)CC4)ccc3NC2C=C1. The van der Waals surface area contributed by atoms with Crippen molar-refractivity contribution in [2.24, 2.45) is 5.92 Å². The first kappa shape index (κ1) is 27.5. The molecule has 2 saturated heterocycles. The molecule has 2 atom stereocenters. The van der Waals surface area contributed by atoms with Gasteiger partial charge in [-0.15, -0.1) is 0 Å². The number of amides is 2. The van der Waals surface area contributed by atoms with Crippen LogP contribution in [0.5, 0.6) is 0 Å². The minimum absolute atomic E-state index is 0.0558. The molecule has 3 heterocycles. The fourth-order valence-electron chi connectivity index (χ4n) is 5.70. The normalized spacial score (nSPS) is 24.4. The van der Waals surface area contributed by atoms with Gasteiger partial charge in [-0.3, -0.25) is 14.4 Å². The van der Waals surface area contributed by atoms with Gasteiger partial charge in [0.1, 0.15) is 0 Å². The molecule has 10 nitrogen and oxygen atoms in total. The number of nitrogens with zero attached hydrogens (tertiary/aromatic N) is 2. The van der Waals surface area contributed by atoms with Gasteiger partial charge in [0.05, 0.1) is 24.2 Å². The van der Waals surface area contributed by atoms with Gasteiger partial charge in [0, 0.05) is 74.7 Å². The van der Waals surface area contributed by atoms with E-state index in [2.05, 4.69) is 25.8 Å². The molecule has 2 unspecified atom stereocenters. The smallest absolute Gasteiger partial charge is 0.225 e. The maximum atomic E-state index is 13.4. The lowest BCUT2D eigenvalue weighted by molar-refractivity contribution is -0.120. The van der Waals surface area contributed by atoms with Gasteiger partial charge in [-0.25, -0.2) is 0 Å². The Morgan fingerprint density at radius 1 is 0.897 bits per heavy atom. The second-order valence-corrected chi connectivity index (χ2v) is 11.0. The van der Waals surface area contributed by atoms with Gasteiger partial charge in [-0.2, -0.15) is 0 Å². The van der Waals surface area contributed by atoms with Gasteiger partial charge < -0.3 is 36.0 Å². The van der Waals surface area contributed by atoms with E-state index < -0.39 is 5.92 Å². The number of likely N-dealkylation sites (tertiary alicyclic amines) is 2. The Hall–Kier alpha value is -3.05. The molecule has 1 aromatic carbocycles. The van der Waals surface area contributed by atoms with Crippen LogP contribution in [0.1, 0.15) is 48.9 Å². The number of carbonyl (C=O) groups is 3. The highest BCUT2D eigenvalue weighted by atomic mass is 16.3. The van der Waals surface area contributed by atoms with Crippen molar-refractivity contribution in [2.75, 3.05) is 49.9 Å². The first-order valence-electron chi connectivity index (χ1n) is 14.1. The van der Waals surface area contributed by atoms with Crippen LogP contribution in [-0.4, -0.2) is 95.1 Å². The highest BCUT2D eigenvalue weighted by Crippen LogP contribution is 2.34. The van der Waals surface area contributed by atoms with Gasteiger partial charge in [-0.05, 0) is 56.0 Å². The summed E-state index contributed by atoms with van der Waals surface area (Å²) in [5.74, 6) is -0.722. The Morgan fingerprint density at radius 3 is 2.10 bits per heavy atom. The molecule has 5 N–H and O–H groups in total. The number of allylic oxidation sites excluding steroid dienone is 1. The number of carbonyl (C=O) groups excluding carboxylic acids is 3. The van der Waals surface area contributed by atoms with Crippen molar-refractivity contribution in [1.82, 2.24) is 15.1 Å². The zero-order valence-electron chi connectivity index (χ0n) is 22.3. The van der Waals surface area contributed by atoms with Crippen LogP contribution in [0.3, 0.4) is 0 Å². The minimum Gasteiger partial charge on any atom is -0.393 e. The Morgan fingerprint density at radius 2 is 1.49 bits per heavy atom. The number of piperidine rings is 2. The predicted molar refractivity (Wildman–Crippen MR) is 148 cm³/mol. The first-order chi connectivity index (χ1) is 18.8. The lowest BCUT2D eigenvalue weighted by atomic mass is 9.82. The molecule has 1 aromatic rings. The zero-order chi connectivity index (χ0) is 27.4. The van der Waals surface area contributed by atoms with E-state index in [0.717, 1.165) is 57.5 Å². The number of hydrogen-bond acceptors (Lipinski definition) is 8. The fraction of sp³-hybridized carbons (Fsp3) is 0.552. The number of rotatable bonds is 8. The maximum Gasteiger partial charge on any atom is 0.225 e. The van der Waals surface area contributed by atoms with Crippen molar-refractivity contribution >= 4 is 29.0 Å². The van der Waals surface area contributed by atoms with Crippen LogP contribution in [0.4, 0.5) is 11.4 Å². The van der Waals surface area contributed by atoms with E-state index >= 15 is 0 Å². The Labute approximate surface area is 229 Å². The number of hydrogen-bond donors (Lipinski definition) is 5. The van der Waals surface area contributed by atoms with Crippen LogP contribution in [0, 0.1) is 5.92 Å². The standard InChI is InChI=1S/C29H39N5O5/c35-21-5-11-33(12-6-21)15-9-27(37)30-19-1-3-25-23(17-19)29(39)24-18-20(2-4-26(24)32-25)31-28(38)10-16-34-13-7-22(36)8-14-34/h1-4,17-18,21-23,25,32,35-36H,5-16H2,(H,30,37)(H,31,38). The van der Waals surface area contributed by atoms with E-state index in [-0.39, 0.29) is 35.8 Å². The largest absolute Gasteiger partial charge is 0.393 e. The second kappa shape index (κ2) is 12.4. The summed E-state index contributed by atoms with van der Waals surface area (Å²) in [6.07, 6.45) is 8.73. The van der Waals surface area contributed by atoms with Crippen molar-refractivity contribution in [3.63, 3.8) is 0 Å². The Balaban J connectivity index is 1.14. The van der Waals surface area contributed by atoms with Crippen LogP contribution >= 0.6 is 0 Å². The quantitative estimate of drug-likeness (QED) is 0.337. The number of aliphatic hydroxyl groups is 2. The maximum absolute atomic E-state index is 13.4. The number of aliphatic hydroxyl groups excluding tert-OH is 2. The molecule has 210 valence electrons. The van der Waals surface area contributed by atoms with Gasteiger partial charge in [0.25, 0.3) is 0 Å². The number of Topliss-reactive ketones (excluding diaryl/α,β-unsaturated/α-hetero) is 1. The Kier molecular flexibility index (Phi) is 8.76. The predicted octanol–water partition coefficient (Wildman–Crippen LogP) is 1.48. The van der Waals surface area contributed by atoms with Gasteiger partial charge in [-0.1, -0.05) is 6.08 Å². The van der Waals surface area contributed by atoms with Gasteiger partial charge in [0.2, 0.25) is 11.8 Å². The topological polar surface area (TPSA) is 134 Å². The number of benzene rings is 1. The molecule has 0 saturated carbocycles. The average molecular weight is 538 g/mol. The highest BCUT2D eigenvalue weighted by Gasteiger charge is 2.35. The number of fused-ring (bicyclic) bond motifs is 2. The summed E-state index contributed by atoms with van der Waals surface area (Å²) in [4.78, 5) is 42.9. The van der Waals surface area contributed by atoms with Crippen molar-refractivity contribution in [1.29, 1.82) is 0 Å². The van der Waals surface area contributed by atoms with E-state index in [4.69, 9.17) is 0 Å². The summed E-state index contributed by atoms with van der Waals surface area (Å²) in [6.45, 7) is 4.47. The van der Waals surface area contributed by atoms with E-state index in [1.54, 1.807) is 18.2 Å². The van der Waals surface area contributed by atoms with Crippen LogP contribution in [-0.2, 0) is 9.59 Å². The van der Waals surface area contributed by atoms with E-state index in [0.29, 0.717) is 42.9 Å². The summed E-state index contributed by atoms with van der Waals surface area (Å²) in [5, 5.41) is 28.5. The van der Waals surface area contributed by atoms with Crippen LogP contribution in [0.25, 0.3) is 0 Å². The van der Waals surface area contributed by atoms with E-state index in [1.807, 2.05) is 18.2 Å². The Bertz CT molecular complexity index is 1130. The van der Waals surface area contributed by atoms with Crippen molar-refractivity contribution < 1.29 is 24.6 Å². The third-order valence-electron chi connectivity index (χ3n) is 8.13. The lowest BCUT2D eigenvalue weighted by Gasteiger charge is -2.33. The summed E-state index contributed by atoms with van der Waals surface area (Å²) in [6, 6.07) is 5.13. The van der Waals surface area contributed by atoms with E-state index in [9.17, 15) is 24.6 Å². The molecule has 3 aliphatic heterocycles. The molecular weight excluding hydrogens is 498 g/mol. The second-order valence-electron chi connectivity index (χ2n) is 11.0. The molecule has 39 heavy (non-hydrogen) atoms. The van der Waals surface area contributed by atoms with Crippen LogP contribution < -0.4 is 16.0 Å². The molecule has 1 aliphatic carbocycles. The molecule has 2 fully saturated rings.